The molecule has 1 saturated heterocycles. The average molecular weight is 440 g/mol. The van der Waals surface area contributed by atoms with Crippen LogP contribution in [0.1, 0.15) is 25.5 Å². The van der Waals surface area contributed by atoms with Crippen LogP contribution in [0, 0.1) is 5.92 Å². The number of benzene rings is 1. The molecule has 1 aliphatic rings. The van der Waals surface area contributed by atoms with Gasteiger partial charge in [0.2, 0.25) is 5.89 Å². The van der Waals surface area contributed by atoms with Crippen molar-refractivity contribution in [3.05, 3.63) is 42.3 Å². The van der Waals surface area contributed by atoms with Crippen LogP contribution in [-0.2, 0) is 6.54 Å². The van der Waals surface area contributed by atoms with E-state index in [0.717, 1.165) is 36.2 Å². The molecule has 0 amide bonds. The lowest BCUT2D eigenvalue weighted by Gasteiger charge is -2.33. The Balaban J connectivity index is 0.00000208. The molecule has 24 heavy (non-hydrogen) atoms. The fourth-order valence-electron chi connectivity index (χ4n) is 2.99. The van der Waals surface area contributed by atoms with Crippen LogP contribution in [0.4, 0.5) is 0 Å². The number of hydrogen-bond donors (Lipinski definition) is 1. The third-order valence-electron chi connectivity index (χ3n) is 4.17. The predicted molar refractivity (Wildman–Crippen MR) is 108 cm³/mol. The van der Waals surface area contributed by atoms with E-state index < -0.39 is 0 Å². The highest BCUT2D eigenvalue weighted by atomic mass is 127. The molecular weight excluding hydrogens is 415 g/mol. The van der Waals surface area contributed by atoms with Gasteiger partial charge in [0.25, 0.3) is 0 Å². The first kappa shape index (κ1) is 18.8. The minimum Gasteiger partial charge on any atom is -0.444 e. The zero-order valence-electron chi connectivity index (χ0n) is 14.2. The van der Waals surface area contributed by atoms with E-state index in [0.29, 0.717) is 12.4 Å². The Morgan fingerprint density at radius 1 is 1.38 bits per heavy atom. The number of nitrogens with one attached hydrogen (secondary N) is 1. The summed E-state index contributed by atoms with van der Waals surface area (Å²) in [7, 11) is 1.83. The first-order valence-electron chi connectivity index (χ1n) is 8.21. The van der Waals surface area contributed by atoms with E-state index >= 15 is 0 Å². The molecule has 0 spiro atoms. The van der Waals surface area contributed by atoms with E-state index in [2.05, 4.69) is 27.1 Å². The van der Waals surface area contributed by atoms with Gasteiger partial charge in [-0.25, -0.2) is 4.98 Å². The molecule has 0 bridgehead atoms. The summed E-state index contributed by atoms with van der Waals surface area (Å²) in [5, 5.41) is 3.39. The van der Waals surface area contributed by atoms with Crippen LogP contribution in [0.2, 0.25) is 0 Å². The maximum absolute atomic E-state index is 5.57. The van der Waals surface area contributed by atoms with Crippen molar-refractivity contribution in [3.8, 4) is 11.5 Å². The first-order chi connectivity index (χ1) is 11.3. The molecule has 0 saturated carbocycles. The maximum Gasteiger partial charge on any atom is 0.226 e. The fourth-order valence-corrected chi connectivity index (χ4v) is 2.99. The van der Waals surface area contributed by atoms with Gasteiger partial charge in [-0.3, -0.25) is 4.99 Å². The van der Waals surface area contributed by atoms with Crippen LogP contribution in [0.25, 0.3) is 11.5 Å². The molecule has 1 aliphatic heterocycles. The summed E-state index contributed by atoms with van der Waals surface area (Å²) in [5.41, 5.74) is 1.88. The van der Waals surface area contributed by atoms with E-state index in [1.165, 1.54) is 12.8 Å². The molecular formula is C18H25IN4O. The van der Waals surface area contributed by atoms with Gasteiger partial charge in [-0.1, -0.05) is 25.1 Å². The van der Waals surface area contributed by atoms with E-state index in [1.54, 1.807) is 6.26 Å². The van der Waals surface area contributed by atoms with Crippen LogP contribution in [0.5, 0.6) is 0 Å². The molecule has 6 heteroatoms. The summed E-state index contributed by atoms with van der Waals surface area (Å²) < 4.78 is 5.57. The van der Waals surface area contributed by atoms with E-state index in [1.807, 2.05) is 37.4 Å². The van der Waals surface area contributed by atoms with Gasteiger partial charge in [0, 0.05) is 25.7 Å². The van der Waals surface area contributed by atoms with Gasteiger partial charge in [0.05, 0.1) is 12.2 Å². The molecule has 0 radical (unpaired) electrons. The Morgan fingerprint density at radius 3 is 2.88 bits per heavy atom. The van der Waals surface area contributed by atoms with Crippen LogP contribution < -0.4 is 5.32 Å². The van der Waals surface area contributed by atoms with Crippen molar-refractivity contribution in [1.82, 2.24) is 15.2 Å². The molecule has 2 aromatic rings. The number of likely N-dealkylation sites (tertiary alicyclic amines) is 1. The SMILES string of the molecule is CN=C(NCc1coc(-c2ccccc2)n1)N1CCCC(C)C1.I. The Labute approximate surface area is 160 Å². The Morgan fingerprint density at radius 2 is 2.17 bits per heavy atom. The molecule has 1 aromatic carbocycles. The Kier molecular flexibility index (Phi) is 7.08. The van der Waals surface area contributed by atoms with Crippen molar-refractivity contribution in [1.29, 1.82) is 0 Å². The number of hydrogen-bond acceptors (Lipinski definition) is 3. The number of halogens is 1. The molecule has 130 valence electrons. The first-order valence-corrected chi connectivity index (χ1v) is 8.21. The third kappa shape index (κ3) is 4.72. The Hall–Kier alpha value is -1.57. The van der Waals surface area contributed by atoms with Crippen molar-refractivity contribution < 1.29 is 4.42 Å². The lowest BCUT2D eigenvalue weighted by Crippen LogP contribution is -2.45. The lowest BCUT2D eigenvalue weighted by atomic mass is 10.0. The highest BCUT2D eigenvalue weighted by Gasteiger charge is 2.19. The van der Waals surface area contributed by atoms with Crippen LogP contribution in [0.15, 0.2) is 46.0 Å². The van der Waals surface area contributed by atoms with Gasteiger partial charge in [0.1, 0.15) is 6.26 Å². The van der Waals surface area contributed by atoms with Gasteiger partial charge >= 0.3 is 0 Å². The summed E-state index contributed by atoms with van der Waals surface area (Å²) in [6.45, 7) is 5.04. The average Bonchev–Trinajstić information content (AvgIpc) is 3.05. The monoisotopic (exact) mass is 440 g/mol. The quantitative estimate of drug-likeness (QED) is 0.449. The zero-order valence-corrected chi connectivity index (χ0v) is 16.6. The minimum atomic E-state index is 0. The molecule has 3 rings (SSSR count). The molecule has 1 aromatic heterocycles. The fraction of sp³-hybridized carbons (Fsp3) is 0.444. The van der Waals surface area contributed by atoms with E-state index in [4.69, 9.17) is 4.42 Å². The summed E-state index contributed by atoms with van der Waals surface area (Å²) in [6.07, 6.45) is 4.24. The zero-order chi connectivity index (χ0) is 16.1. The maximum atomic E-state index is 5.57. The molecule has 1 unspecified atom stereocenters. The van der Waals surface area contributed by atoms with Crippen molar-refractivity contribution in [2.24, 2.45) is 10.9 Å². The number of aromatic nitrogens is 1. The summed E-state index contributed by atoms with van der Waals surface area (Å²) in [5.74, 6) is 2.32. The second-order valence-electron chi connectivity index (χ2n) is 6.10. The molecule has 0 aliphatic carbocycles. The van der Waals surface area contributed by atoms with Crippen molar-refractivity contribution >= 4 is 29.9 Å². The molecule has 1 fully saturated rings. The standard InChI is InChI=1S/C18H24N4O.HI/c1-14-7-6-10-22(12-14)18(19-2)20-11-16-13-23-17(21-16)15-8-4-3-5-9-15;/h3-5,8-9,13-14H,6-7,10-12H2,1-2H3,(H,19,20);1H. The van der Waals surface area contributed by atoms with Crippen molar-refractivity contribution in [2.45, 2.75) is 26.3 Å². The molecule has 2 heterocycles. The van der Waals surface area contributed by atoms with Crippen LogP contribution in [-0.4, -0.2) is 36.0 Å². The summed E-state index contributed by atoms with van der Waals surface area (Å²) in [6, 6.07) is 9.94. The lowest BCUT2D eigenvalue weighted by molar-refractivity contribution is 0.266. The van der Waals surface area contributed by atoms with E-state index in [-0.39, 0.29) is 24.0 Å². The highest BCUT2D eigenvalue weighted by Crippen LogP contribution is 2.18. The van der Waals surface area contributed by atoms with Crippen molar-refractivity contribution in [2.75, 3.05) is 20.1 Å². The number of oxazole rings is 1. The van der Waals surface area contributed by atoms with Gasteiger partial charge in [-0.15, -0.1) is 24.0 Å². The normalized spacial score (nSPS) is 18.2. The van der Waals surface area contributed by atoms with Crippen LogP contribution >= 0.6 is 24.0 Å². The largest absolute Gasteiger partial charge is 0.444 e. The second kappa shape index (κ2) is 9.05. The smallest absolute Gasteiger partial charge is 0.226 e. The predicted octanol–water partition coefficient (Wildman–Crippen LogP) is 3.77. The van der Waals surface area contributed by atoms with Gasteiger partial charge in [0.15, 0.2) is 5.96 Å². The van der Waals surface area contributed by atoms with Gasteiger partial charge < -0.3 is 14.6 Å². The summed E-state index contributed by atoms with van der Waals surface area (Å²) >= 11 is 0. The van der Waals surface area contributed by atoms with Gasteiger partial charge in [-0.05, 0) is 30.9 Å². The number of aliphatic imine (C=N–C) groups is 1. The number of rotatable bonds is 3. The third-order valence-corrected chi connectivity index (χ3v) is 4.17. The topological polar surface area (TPSA) is 53.7 Å². The molecule has 1 atom stereocenters. The molecule has 1 N–H and O–H groups in total. The van der Waals surface area contributed by atoms with E-state index in [9.17, 15) is 0 Å². The van der Waals surface area contributed by atoms with Gasteiger partial charge in [-0.2, -0.15) is 0 Å². The van der Waals surface area contributed by atoms with Crippen molar-refractivity contribution in [3.63, 3.8) is 0 Å². The molecule has 5 nitrogen and oxygen atoms in total. The highest BCUT2D eigenvalue weighted by molar-refractivity contribution is 14.0. The number of piperidine rings is 1. The Bertz CT molecular complexity index is 656. The minimum absolute atomic E-state index is 0. The van der Waals surface area contributed by atoms with Crippen LogP contribution in [0.3, 0.4) is 0 Å². The second-order valence-corrected chi connectivity index (χ2v) is 6.10. The summed E-state index contributed by atoms with van der Waals surface area (Å²) in [4.78, 5) is 11.3. The number of nitrogens with zero attached hydrogens (tertiary/aromatic N) is 3. The number of guanidine groups is 1.